The number of carbonyl (C=O) groups is 1. The molecular weight excluding hydrogens is 330 g/mol. The fraction of sp³-hybridized carbons (Fsp3) is 0.625. The van der Waals surface area contributed by atoms with Crippen LogP contribution in [0.15, 0.2) is 16.7 Å². The molecule has 0 radical (unpaired) electrons. The van der Waals surface area contributed by atoms with Crippen LogP contribution in [0.25, 0.3) is 0 Å². The zero-order chi connectivity index (χ0) is 15.6. The summed E-state index contributed by atoms with van der Waals surface area (Å²) in [6.07, 6.45) is 3.85. The highest BCUT2D eigenvalue weighted by molar-refractivity contribution is 9.10. The maximum atomic E-state index is 12.7. The molecule has 1 aliphatic rings. The highest BCUT2D eigenvalue weighted by atomic mass is 79.9. The number of piperidine rings is 1. The summed E-state index contributed by atoms with van der Waals surface area (Å²) in [5.41, 5.74) is 0.962. The second-order valence-corrected chi connectivity index (χ2v) is 7.65. The van der Waals surface area contributed by atoms with Crippen LogP contribution >= 0.6 is 15.9 Å². The van der Waals surface area contributed by atoms with E-state index in [1.54, 1.807) is 13.2 Å². The molecule has 116 valence electrons. The average molecular weight is 354 g/mol. The minimum absolute atomic E-state index is 0.0699. The number of amides is 1. The van der Waals surface area contributed by atoms with Crippen molar-refractivity contribution in [2.45, 2.75) is 33.6 Å². The van der Waals surface area contributed by atoms with E-state index in [4.69, 9.17) is 0 Å². The summed E-state index contributed by atoms with van der Waals surface area (Å²) in [5.74, 6) is 1.40. The van der Waals surface area contributed by atoms with Gasteiger partial charge in [-0.25, -0.2) is 4.98 Å². The van der Waals surface area contributed by atoms with Gasteiger partial charge in [0.25, 0.3) is 5.91 Å². The Hall–Kier alpha value is -1.10. The van der Waals surface area contributed by atoms with Gasteiger partial charge in [-0.2, -0.15) is 0 Å². The van der Waals surface area contributed by atoms with E-state index < -0.39 is 0 Å². The van der Waals surface area contributed by atoms with Gasteiger partial charge in [0.2, 0.25) is 0 Å². The summed E-state index contributed by atoms with van der Waals surface area (Å²) >= 11 is 3.39. The zero-order valence-electron chi connectivity index (χ0n) is 13.2. The molecule has 1 aliphatic heterocycles. The van der Waals surface area contributed by atoms with E-state index in [1.807, 2.05) is 11.0 Å². The largest absolute Gasteiger partial charge is 0.372 e. The minimum Gasteiger partial charge on any atom is -0.372 e. The molecule has 1 amide bonds. The Labute approximate surface area is 135 Å². The Kier molecular flexibility index (Phi) is 4.91. The van der Waals surface area contributed by atoms with E-state index in [-0.39, 0.29) is 5.91 Å². The lowest BCUT2D eigenvalue weighted by atomic mass is 9.75. The number of hydrogen-bond donors (Lipinski definition) is 1. The first-order chi connectivity index (χ1) is 9.82. The van der Waals surface area contributed by atoms with Crippen LogP contribution < -0.4 is 5.32 Å². The van der Waals surface area contributed by atoms with Gasteiger partial charge in [-0.3, -0.25) is 4.79 Å². The zero-order valence-corrected chi connectivity index (χ0v) is 14.8. The van der Waals surface area contributed by atoms with Crippen molar-refractivity contribution in [3.63, 3.8) is 0 Å². The fourth-order valence-corrected chi connectivity index (χ4v) is 3.25. The summed E-state index contributed by atoms with van der Waals surface area (Å²) < 4.78 is 0.828. The number of pyridine rings is 1. The fourth-order valence-electron chi connectivity index (χ4n) is 2.92. The predicted octanol–water partition coefficient (Wildman–Crippen LogP) is 3.78. The first kappa shape index (κ1) is 16.3. The molecule has 1 aromatic rings. The van der Waals surface area contributed by atoms with Crippen molar-refractivity contribution < 1.29 is 4.79 Å². The molecule has 21 heavy (non-hydrogen) atoms. The summed E-state index contributed by atoms with van der Waals surface area (Å²) in [6, 6.07) is 1.84. The van der Waals surface area contributed by atoms with Gasteiger partial charge >= 0.3 is 0 Å². The van der Waals surface area contributed by atoms with Crippen molar-refractivity contribution in [1.29, 1.82) is 0 Å². The number of rotatable bonds is 2. The van der Waals surface area contributed by atoms with Crippen LogP contribution in [0.3, 0.4) is 0 Å². The Morgan fingerprint density at radius 3 is 2.52 bits per heavy atom. The van der Waals surface area contributed by atoms with Gasteiger partial charge in [-0.15, -0.1) is 0 Å². The number of likely N-dealkylation sites (tertiary alicyclic amines) is 1. The second kappa shape index (κ2) is 6.34. The molecule has 0 aromatic carbocycles. The average Bonchev–Trinajstić information content (AvgIpc) is 2.45. The lowest BCUT2D eigenvalue weighted by Crippen LogP contribution is -2.41. The Bertz CT molecular complexity index is 517. The third-order valence-corrected chi connectivity index (χ3v) is 4.76. The van der Waals surface area contributed by atoms with Gasteiger partial charge < -0.3 is 10.2 Å². The maximum absolute atomic E-state index is 12.7. The second-order valence-electron chi connectivity index (χ2n) is 6.73. The summed E-state index contributed by atoms with van der Waals surface area (Å²) in [4.78, 5) is 18.9. The highest BCUT2D eigenvalue weighted by Crippen LogP contribution is 2.34. The van der Waals surface area contributed by atoms with Gasteiger partial charge in [0.1, 0.15) is 5.82 Å². The van der Waals surface area contributed by atoms with Gasteiger partial charge in [0.15, 0.2) is 0 Å². The number of carbonyl (C=O) groups excluding carboxylic acids is 1. The molecule has 0 unspecified atom stereocenters. The van der Waals surface area contributed by atoms with Crippen molar-refractivity contribution in [2.75, 3.05) is 25.5 Å². The summed E-state index contributed by atoms with van der Waals surface area (Å²) in [6.45, 7) is 8.51. The molecule has 1 aromatic heterocycles. The van der Waals surface area contributed by atoms with Crippen molar-refractivity contribution in [2.24, 2.45) is 11.3 Å². The Morgan fingerprint density at radius 2 is 2.00 bits per heavy atom. The number of aromatic nitrogens is 1. The molecule has 0 spiro atoms. The van der Waals surface area contributed by atoms with Crippen LogP contribution in [-0.4, -0.2) is 35.9 Å². The van der Waals surface area contributed by atoms with Crippen LogP contribution in [0.1, 0.15) is 44.0 Å². The monoisotopic (exact) mass is 353 g/mol. The van der Waals surface area contributed by atoms with Crippen molar-refractivity contribution in [3.05, 3.63) is 22.3 Å². The molecule has 5 heteroatoms. The maximum Gasteiger partial charge on any atom is 0.257 e. The van der Waals surface area contributed by atoms with Crippen LogP contribution in [0, 0.1) is 11.3 Å². The Morgan fingerprint density at radius 1 is 1.38 bits per heavy atom. The molecule has 4 nitrogen and oxygen atoms in total. The lowest BCUT2D eigenvalue weighted by Gasteiger charge is -2.38. The third kappa shape index (κ3) is 3.76. The van der Waals surface area contributed by atoms with Gasteiger partial charge in [0.05, 0.1) is 5.56 Å². The number of nitrogens with zero attached hydrogens (tertiary/aromatic N) is 2. The van der Waals surface area contributed by atoms with E-state index in [0.29, 0.717) is 22.7 Å². The molecular formula is C16H24BrN3O. The standard InChI is InChI=1S/C16H24BrN3O/c1-16(2,3)11-5-7-20(8-6-11)15(21)13-9-12(17)10-19-14(13)18-4/h9-11H,5-8H2,1-4H3,(H,18,19). The first-order valence-electron chi connectivity index (χ1n) is 7.45. The van der Waals surface area contributed by atoms with E-state index in [0.717, 1.165) is 30.4 Å². The SMILES string of the molecule is CNc1ncc(Br)cc1C(=O)N1CCC(C(C)(C)C)CC1. The van der Waals surface area contributed by atoms with Crippen molar-refractivity contribution in [1.82, 2.24) is 9.88 Å². The van der Waals surface area contributed by atoms with Gasteiger partial charge in [-0.05, 0) is 46.2 Å². The molecule has 1 fully saturated rings. The highest BCUT2D eigenvalue weighted by Gasteiger charge is 2.31. The molecule has 1 saturated heterocycles. The van der Waals surface area contributed by atoms with E-state index in [2.05, 4.69) is 47.0 Å². The lowest BCUT2D eigenvalue weighted by molar-refractivity contribution is 0.0609. The summed E-state index contributed by atoms with van der Waals surface area (Å²) in [7, 11) is 1.79. The van der Waals surface area contributed by atoms with Crippen molar-refractivity contribution >= 4 is 27.7 Å². The quantitative estimate of drug-likeness (QED) is 0.879. The van der Waals surface area contributed by atoms with Crippen LogP contribution in [0.5, 0.6) is 0 Å². The first-order valence-corrected chi connectivity index (χ1v) is 8.25. The smallest absolute Gasteiger partial charge is 0.257 e. The van der Waals surface area contributed by atoms with Crippen LogP contribution in [-0.2, 0) is 0 Å². The molecule has 0 aliphatic carbocycles. The topological polar surface area (TPSA) is 45.2 Å². The number of halogens is 1. The number of anilines is 1. The van der Waals surface area contributed by atoms with Crippen LogP contribution in [0.2, 0.25) is 0 Å². The molecule has 0 atom stereocenters. The van der Waals surface area contributed by atoms with E-state index in [1.165, 1.54) is 0 Å². The molecule has 1 N–H and O–H groups in total. The number of hydrogen-bond acceptors (Lipinski definition) is 3. The van der Waals surface area contributed by atoms with Gasteiger partial charge in [0, 0.05) is 30.8 Å². The molecule has 0 bridgehead atoms. The van der Waals surface area contributed by atoms with Crippen molar-refractivity contribution in [3.8, 4) is 0 Å². The van der Waals surface area contributed by atoms with Gasteiger partial charge in [-0.1, -0.05) is 20.8 Å². The molecule has 2 heterocycles. The molecule has 0 saturated carbocycles. The van der Waals surface area contributed by atoms with Crippen LogP contribution in [0.4, 0.5) is 5.82 Å². The molecule has 2 rings (SSSR count). The summed E-state index contributed by atoms with van der Waals surface area (Å²) in [5, 5.41) is 3.00. The number of nitrogens with one attached hydrogen (secondary N) is 1. The normalized spacial score (nSPS) is 16.9. The van der Waals surface area contributed by atoms with E-state index in [9.17, 15) is 4.79 Å². The minimum atomic E-state index is 0.0699. The Balaban J connectivity index is 2.11. The predicted molar refractivity (Wildman–Crippen MR) is 89.6 cm³/mol. The third-order valence-electron chi connectivity index (χ3n) is 4.33. The van der Waals surface area contributed by atoms with E-state index >= 15 is 0 Å².